The largest absolute Gasteiger partial charge is 0.507 e. The number of rotatable bonds is 2. The Morgan fingerprint density at radius 3 is 2.19 bits per heavy atom. The quantitative estimate of drug-likeness (QED) is 0.826. The van der Waals surface area contributed by atoms with Crippen LogP contribution in [0.3, 0.4) is 0 Å². The van der Waals surface area contributed by atoms with Crippen LogP contribution in [0.1, 0.15) is 36.0 Å². The molecule has 0 aromatic heterocycles. The van der Waals surface area contributed by atoms with Crippen molar-refractivity contribution in [3.8, 4) is 5.75 Å². The number of phenolic OH excluding ortho intramolecular Hbond substituents is 1. The first-order valence-corrected chi connectivity index (χ1v) is 6.18. The summed E-state index contributed by atoms with van der Waals surface area (Å²) in [6.45, 7) is 7.42. The topological polar surface area (TPSA) is 23.5 Å². The van der Waals surface area contributed by atoms with Gasteiger partial charge in [0.2, 0.25) is 0 Å². The van der Waals surface area contributed by atoms with Crippen LogP contribution in [0.5, 0.6) is 5.75 Å². The van der Waals surface area contributed by atoms with Gasteiger partial charge < -0.3 is 5.11 Å². The summed E-state index contributed by atoms with van der Waals surface area (Å²) in [5, 5.41) is 9.72. The maximum Gasteiger partial charge on any atom is 0.121 e. The van der Waals surface area contributed by atoms with Gasteiger partial charge in [-0.3, -0.25) is 4.90 Å². The van der Waals surface area contributed by atoms with Crippen LogP contribution in [0, 0.1) is 13.8 Å². The van der Waals surface area contributed by atoms with Crippen molar-refractivity contribution >= 4 is 0 Å². The van der Waals surface area contributed by atoms with Crippen molar-refractivity contribution in [2.45, 2.75) is 39.7 Å². The van der Waals surface area contributed by atoms with Gasteiger partial charge in [0.15, 0.2) is 0 Å². The number of nitrogens with zero attached hydrogens (tertiary/aromatic N) is 1. The molecule has 0 saturated carbocycles. The van der Waals surface area contributed by atoms with E-state index in [-0.39, 0.29) is 0 Å². The fraction of sp³-hybridized carbons (Fsp3) is 0.571. The first-order valence-electron chi connectivity index (χ1n) is 6.18. The average molecular weight is 219 g/mol. The van der Waals surface area contributed by atoms with Crippen molar-refractivity contribution < 1.29 is 5.11 Å². The van der Waals surface area contributed by atoms with Crippen molar-refractivity contribution in [2.24, 2.45) is 0 Å². The van der Waals surface area contributed by atoms with E-state index >= 15 is 0 Å². The van der Waals surface area contributed by atoms with Crippen LogP contribution < -0.4 is 0 Å². The van der Waals surface area contributed by atoms with E-state index in [0.29, 0.717) is 5.75 Å². The molecule has 2 nitrogen and oxygen atoms in total. The highest BCUT2D eigenvalue weighted by Crippen LogP contribution is 2.24. The first-order chi connectivity index (χ1) is 7.66. The molecule has 1 N–H and O–H groups in total. The number of likely N-dealkylation sites (tertiary alicyclic amines) is 1. The van der Waals surface area contributed by atoms with Gasteiger partial charge in [0, 0.05) is 6.54 Å². The molecule has 0 unspecified atom stereocenters. The number of phenols is 1. The van der Waals surface area contributed by atoms with Gasteiger partial charge in [-0.15, -0.1) is 0 Å². The lowest BCUT2D eigenvalue weighted by Crippen LogP contribution is -2.29. The zero-order chi connectivity index (χ0) is 11.5. The van der Waals surface area contributed by atoms with Gasteiger partial charge in [-0.1, -0.05) is 18.6 Å². The molecule has 1 aromatic rings. The third-order valence-electron chi connectivity index (χ3n) is 3.41. The lowest BCUT2D eigenvalue weighted by molar-refractivity contribution is 0.221. The van der Waals surface area contributed by atoms with Crippen LogP contribution in [-0.4, -0.2) is 23.1 Å². The molecule has 1 fully saturated rings. The normalized spacial score (nSPS) is 17.6. The number of hydrogen-bond acceptors (Lipinski definition) is 2. The zero-order valence-electron chi connectivity index (χ0n) is 10.3. The van der Waals surface area contributed by atoms with Gasteiger partial charge in [-0.25, -0.2) is 0 Å². The Morgan fingerprint density at radius 2 is 1.62 bits per heavy atom. The molecule has 0 atom stereocenters. The maximum atomic E-state index is 9.72. The molecule has 1 aliphatic heterocycles. The third kappa shape index (κ3) is 2.56. The lowest BCUT2D eigenvalue weighted by atomic mass is 10.0. The second-order valence-electron chi connectivity index (χ2n) is 4.92. The molecule has 1 aliphatic rings. The molecule has 1 aromatic carbocycles. The predicted octanol–water partition coefficient (Wildman–Crippen LogP) is 2.99. The van der Waals surface area contributed by atoms with Crippen LogP contribution >= 0.6 is 0 Å². The van der Waals surface area contributed by atoms with Crippen LogP contribution in [0.25, 0.3) is 0 Å². The monoisotopic (exact) mass is 219 g/mol. The lowest BCUT2D eigenvalue weighted by Gasteiger charge is -2.26. The Labute approximate surface area is 97.9 Å². The SMILES string of the molecule is Cc1cc(CN2CCCCC2)cc(C)c1O. The highest BCUT2D eigenvalue weighted by atomic mass is 16.3. The van der Waals surface area contributed by atoms with Gasteiger partial charge in [-0.05, 0) is 56.5 Å². The minimum Gasteiger partial charge on any atom is -0.507 e. The van der Waals surface area contributed by atoms with Crippen LogP contribution in [0.15, 0.2) is 12.1 Å². The van der Waals surface area contributed by atoms with Crippen molar-refractivity contribution in [3.05, 3.63) is 28.8 Å². The molecule has 0 radical (unpaired) electrons. The van der Waals surface area contributed by atoms with E-state index in [4.69, 9.17) is 0 Å². The summed E-state index contributed by atoms with van der Waals surface area (Å²) in [5.74, 6) is 0.447. The van der Waals surface area contributed by atoms with Crippen molar-refractivity contribution in [1.82, 2.24) is 4.90 Å². The van der Waals surface area contributed by atoms with E-state index in [0.717, 1.165) is 17.7 Å². The van der Waals surface area contributed by atoms with Crippen LogP contribution in [0.4, 0.5) is 0 Å². The smallest absolute Gasteiger partial charge is 0.121 e. The number of benzene rings is 1. The summed E-state index contributed by atoms with van der Waals surface area (Å²) in [6.07, 6.45) is 4.04. The average Bonchev–Trinajstić information content (AvgIpc) is 2.27. The Hall–Kier alpha value is -1.02. The molecule has 2 heteroatoms. The van der Waals surface area contributed by atoms with E-state index in [1.165, 1.54) is 37.9 Å². The Morgan fingerprint density at radius 1 is 1.06 bits per heavy atom. The van der Waals surface area contributed by atoms with Crippen molar-refractivity contribution in [3.63, 3.8) is 0 Å². The van der Waals surface area contributed by atoms with Gasteiger partial charge in [0.05, 0.1) is 0 Å². The molecule has 0 bridgehead atoms. The molecule has 2 rings (SSSR count). The molecule has 0 spiro atoms. The van der Waals surface area contributed by atoms with E-state index in [2.05, 4.69) is 17.0 Å². The Bertz CT molecular complexity index is 344. The predicted molar refractivity (Wildman–Crippen MR) is 66.7 cm³/mol. The van der Waals surface area contributed by atoms with Gasteiger partial charge in [-0.2, -0.15) is 0 Å². The number of aryl methyl sites for hydroxylation is 2. The van der Waals surface area contributed by atoms with Crippen molar-refractivity contribution in [1.29, 1.82) is 0 Å². The van der Waals surface area contributed by atoms with Crippen LogP contribution in [-0.2, 0) is 6.54 Å². The molecule has 1 heterocycles. The van der Waals surface area contributed by atoms with Gasteiger partial charge in [0.25, 0.3) is 0 Å². The highest BCUT2D eigenvalue weighted by molar-refractivity contribution is 5.42. The minimum atomic E-state index is 0.447. The number of aromatic hydroxyl groups is 1. The molecule has 1 saturated heterocycles. The highest BCUT2D eigenvalue weighted by Gasteiger charge is 2.11. The second-order valence-corrected chi connectivity index (χ2v) is 4.92. The third-order valence-corrected chi connectivity index (χ3v) is 3.41. The molecule has 88 valence electrons. The van der Waals surface area contributed by atoms with E-state index in [1.807, 2.05) is 13.8 Å². The van der Waals surface area contributed by atoms with E-state index in [1.54, 1.807) is 0 Å². The first kappa shape index (κ1) is 11.5. The maximum absolute atomic E-state index is 9.72. The minimum absolute atomic E-state index is 0.447. The molecular weight excluding hydrogens is 198 g/mol. The summed E-state index contributed by atoms with van der Waals surface area (Å²) in [4.78, 5) is 2.51. The molecule has 0 aliphatic carbocycles. The summed E-state index contributed by atoms with van der Waals surface area (Å²) in [7, 11) is 0. The number of hydrogen-bond donors (Lipinski definition) is 1. The van der Waals surface area contributed by atoms with E-state index in [9.17, 15) is 5.11 Å². The van der Waals surface area contributed by atoms with Crippen molar-refractivity contribution in [2.75, 3.05) is 13.1 Å². The standard InChI is InChI=1S/C14H21NO/c1-11-8-13(9-12(2)14(11)16)10-15-6-4-3-5-7-15/h8-9,16H,3-7,10H2,1-2H3. The molecular formula is C14H21NO. The summed E-state index contributed by atoms with van der Waals surface area (Å²) >= 11 is 0. The fourth-order valence-electron chi connectivity index (χ4n) is 2.51. The molecule has 16 heavy (non-hydrogen) atoms. The fourth-order valence-corrected chi connectivity index (χ4v) is 2.51. The van der Waals surface area contributed by atoms with E-state index < -0.39 is 0 Å². The van der Waals surface area contributed by atoms with Gasteiger partial charge in [0.1, 0.15) is 5.75 Å². The summed E-state index contributed by atoms with van der Waals surface area (Å²) < 4.78 is 0. The second kappa shape index (κ2) is 4.88. The zero-order valence-corrected chi connectivity index (χ0v) is 10.3. The molecule has 0 amide bonds. The summed E-state index contributed by atoms with van der Waals surface area (Å²) in [5.41, 5.74) is 3.31. The summed E-state index contributed by atoms with van der Waals surface area (Å²) in [6, 6.07) is 4.22. The Kier molecular flexibility index (Phi) is 3.49. The van der Waals surface area contributed by atoms with Crippen LogP contribution in [0.2, 0.25) is 0 Å². The number of piperidine rings is 1. The Balaban J connectivity index is 2.09. The van der Waals surface area contributed by atoms with Gasteiger partial charge >= 0.3 is 0 Å².